The molecule has 2 amide bonds. The maximum absolute atomic E-state index is 12.4. The molecular weight excluding hydrogens is 284 g/mol. The summed E-state index contributed by atoms with van der Waals surface area (Å²) in [7, 11) is 3.59. The van der Waals surface area contributed by atoms with E-state index >= 15 is 0 Å². The van der Waals surface area contributed by atoms with Gasteiger partial charge in [0.1, 0.15) is 6.54 Å². The Bertz CT molecular complexity index is 669. The van der Waals surface area contributed by atoms with Crippen molar-refractivity contribution in [1.82, 2.24) is 4.98 Å². The third kappa shape index (κ3) is 3.86. The molecule has 7 heteroatoms. The minimum absolute atomic E-state index is 0.0106. The largest absolute Gasteiger partial charge is 0.420 e. The lowest BCUT2D eigenvalue weighted by molar-refractivity contribution is -0.820. The molecule has 0 spiro atoms. The van der Waals surface area contributed by atoms with Crippen molar-refractivity contribution in [3.8, 4) is 0 Å². The molecule has 0 fully saturated rings. The molecule has 1 aromatic carbocycles. The molecule has 1 heterocycles. The first-order valence-corrected chi connectivity index (χ1v) is 6.66. The summed E-state index contributed by atoms with van der Waals surface area (Å²) >= 11 is 0. The van der Waals surface area contributed by atoms with E-state index in [1.165, 1.54) is 24.3 Å². The normalized spacial score (nSPS) is 11.0. The molecule has 1 aromatic heterocycles. The number of amides is 2. The van der Waals surface area contributed by atoms with Crippen LogP contribution >= 0.6 is 0 Å². The predicted molar refractivity (Wildman–Crippen MR) is 82.2 cm³/mol. The van der Waals surface area contributed by atoms with Crippen LogP contribution in [0.15, 0.2) is 48.8 Å². The van der Waals surface area contributed by atoms with Gasteiger partial charge in [-0.15, -0.1) is 0 Å². The number of nitrogens with zero attached hydrogens (tertiary/aromatic N) is 3. The van der Waals surface area contributed by atoms with Gasteiger partial charge in [0.15, 0.2) is 0 Å². The number of urea groups is 1. The third-order valence-electron chi connectivity index (χ3n) is 3.21. The average molecular weight is 301 g/mol. The quantitative estimate of drug-likeness (QED) is 0.534. The average Bonchev–Trinajstić information content (AvgIpc) is 2.48. The Kier molecular flexibility index (Phi) is 4.47. The maximum Gasteiger partial charge on any atom is 0.420 e. The summed E-state index contributed by atoms with van der Waals surface area (Å²) in [5, 5.41) is 13.4. The third-order valence-corrected chi connectivity index (χ3v) is 3.21. The zero-order chi connectivity index (χ0) is 16.2. The molecule has 114 valence electrons. The molecule has 0 atom stereocenters. The van der Waals surface area contributed by atoms with Crippen molar-refractivity contribution < 1.29 is 14.2 Å². The maximum atomic E-state index is 12.4. The van der Waals surface area contributed by atoms with Gasteiger partial charge in [-0.1, -0.05) is 0 Å². The van der Waals surface area contributed by atoms with E-state index in [4.69, 9.17) is 0 Å². The standard InChI is InChI=1S/C15H16N4O3/c1-19(2,11-12-7-9-16-10-8-12)15(20)17-13-3-5-14(6-4-13)18(21)22/h3-10H,11H2,1-2H3/p+1. The lowest BCUT2D eigenvalue weighted by Crippen LogP contribution is -2.47. The first-order chi connectivity index (χ1) is 10.4. The number of nitro groups is 1. The highest BCUT2D eigenvalue weighted by atomic mass is 16.6. The molecular formula is C15H17N4O3+. The Hall–Kier alpha value is -2.80. The Morgan fingerprint density at radius 3 is 2.32 bits per heavy atom. The number of benzene rings is 1. The molecule has 2 aromatic rings. The Morgan fingerprint density at radius 2 is 1.77 bits per heavy atom. The monoisotopic (exact) mass is 301 g/mol. The summed E-state index contributed by atoms with van der Waals surface area (Å²) in [4.78, 5) is 26.4. The van der Waals surface area contributed by atoms with Crippen LogP contribution in [0, 0.1) is 10.1 Å². The van der Waals surface area contributed by atoms with E-state index < -0.39 is 4.92 Å². The fraction of sp³-hybridized carbons (Fsp3) is 0.200. The van der Waals surface area contributed by atoms with Crippen LogP contribution in [-0.2, 0) is 6.54 Å². The van der Waals surface area contributed by atoms with Crippen LogP contribution in [-0.4, -0.2) is 34.5 Å². The Labute approximate surface area is 128 Å². The molecule has 0 bridgehead atoms. The number of carbonyl (C=O) groups excluding carboxylic acids is 1. The second-order valence-corrected chi connectivity index (χ2v) is 5.43. The second-order valence-electron chi connectivity index (χ2n) is 5.43. The molecule has 1 N–H and O–H groups in total. The van der Waals surface area contributed by atoms with Gasteiger partial charge < -0.3 is 0 Å². The van der Waals surface area contributed by atoms with Gasteiger partial charge in [-0.3, -0.25) is 20.4 Å². The first kappa shape index (κ1) is 15.6. The molecule has 0 saturated heterocycles. The van der Waals surface area contributed by atoms with Gasteiger partial charge in [0.05, 0.1) is 19.0 Å². The molecule has 0 aliphatic rings. The van der Waals surface area contributed by atoms with E-state index in [0.717, 1.165) is 5.56 Å². The molecule has 0 unspecified atom stereocenters. The van der Waals surface area contributed by atoms with E-state index in [1.54, 1.807) is 26.5 Å². The summed E-state index contributed by atoms with van der Waals surface area (Å²) in [5.74, 6) is 0. The molecule has 0 aliphatic heterocycles. The highest BCUT2D eigenvalue weighted by Crippen LogP contribution is 2.17. The smallest absolute Gasteiger partial charge is 0.275 e. The Morgan fingerprint density at radius 1 is 1.18 bits per heavy atom. The number of hydrogen-bond acceptors (Lipinski definition) is 4. The van der Waals surface area contributed by atoms with Gasteiger partial charge in [-0.2, -0.15) is 0 Å². The minimum Gasteiger partial charge on any atom is -0.275 e. The summed E-state index contributed by atoms with van der Waals surface area (Å²) < 4.78 is 0.0982. The lowest BCUT2D eigenvalue weighted by atomic mass is 10.2. The zero-order valence-corrected chi connectivity index (χ0v) is 12.4. The summed E-state index contributed by atoms with van der Waals surface area (Å²) in [6.45, 7) is 0.515. The number of nitro benzene ring substituents is 1. The van der Waals surface area contributed by atoms with E-state index in [9.17, 15) is 14.9 Å². The molecule has 22 heavy (non-hydrogen) atoms. The van der Waals surface area contributed by atoms with Crippen molar-refractivity contribution in [2.24, 2.45) is 0 Å². The highest BCUT2D eigenvalue weighted by Gasteiger charge is 2.27. The molecule has 2 rings (SSSR count). The van der Waals surface area contributed by atoms with Crippen LogP contribution in [0.1, 0.15) is 5.56 Å². The number of aromatic nitrogens is 1. The van der Waals surface area contributed by atoms with Crippen LogP contribution in [0.2, 0.25) is 0 Å². The number of non-ortho nitro benzene ring substituents is 1. The van der Waals surface area contributed by atoms with Crippen molar-refractivity contribution in [3.05, 3.63) is 64.5 Å². The van der Waals surface area contributed by atoms with E-state index in [0.29, 0.717) is 12.2 Å². The van der Waals surface area contributed by atoms with Crippen molar-refractivity contribution in [3.63, 3.8) is 0 Å². The molecule has 0 radical (unpaired) electrons. The van der Waals surface area contributed by atoms with Crippen molar-refractivity contribution in [2.45, 2.75) is 6.54 Å². The van der Waals surface area contributed by atoms with Crippen LogP contribution in [0.25, 0.3) is 0 Å². The van der Waals surface area contributed by atoms with Crippen LogP contribution < -0.4 is 5.32 Å². The van der Waals surface area contributed by atoms with Gasteiger partial charge in [-0.05, 0) is 24.3 Å². The topological polar surface area (TPSA) is 85.1 Å². The zero-order valence-electron chi connectivity index (χ0n) is 12.4. The Balaban J connectivity index is 2.05. The highest BCUT2D eigenvalue weighted by molar-refractivity contribution is 5.84. The fourth-order valence-corrected chi connectivity index (χ4v) is 1.96. The van der Waals surface area contributed by atoms with E-state index in [2.05, 4.69) is 10.3 Å². The van der Waals surface area contributed by atoms with Gasteiger partial charge in [0.2, 0.25) is 0 Å². The number of quaternary nitrogens is 1. The first-order valence-electron chi connectivity index (χ1n) is 6.66. The molecule has 0 aliphatic carbocycles. The van der Waals surface area contributed by atoms with E-state index in [-0.39, 0.29) is 16.2 Å². The number of carbonyl (C=O) groups is 1. The molecule has 0 saturated carbocycles. The van der Waals surface area contributed by atoms with Crippen molar-refractivity contribution >= 4 is 17.4 Å². The van der Waals surface area contributed by atoms with Gasteiger partial charge >= 0.3 is 6.03 Å². The van der Waals surface area contributed by atoms with Crippen molar-refractivity contribution in [2.75, 3.05) is 19.4 Å². The predicted octanol–water partition coefficient (Wildman–Crippen LogP) is 2.80. The summed E-state index contributed by atoms with van der Waals surface area (Å²) in [6.07, 6.45) is 3.37. The number of rotatable bonds is 4. The number of nitrogens with one attached hydrogen (secondary N) is 1. The van der Waals surface area contributed by atoms with Gasteiger partial charge in [-0.25, -0.2) is 9.28 Å². The van der Waals surface area contributed by atoms with Crippen LogP contribution in [0.5, 0.6) is 0 Å². The second kappa shape index (κ2) is 6.31. The lowest BCUT2D eigenvalue weighted by Gasteiger charge is -2.26. The van der Waals surface area contributed by atoms with Gasteiger partial charge in [0, 0.05) is 35.8 Å². The SMILES string of the molecule is C[N+](C)(Cc1ccncc1)C(=O)Nc1ccc([N+](=O)[O-])cc1. The van der Waals surface area contributed by atoms with Crippen LogP contribution in [0.3, 0.4) is 0 Å². The van der Waals surface area contributed by atoms with Gasteiger partial charge in [0.25, 0.3) is 5.69 Å². The van der Waals surface area contributed by atoms with Crippen LogP contribution in [0.4, 0.5) is 16.2 Å². The van der Waals surface area contributed by atoms with E-state index in [1.807, 2.05) is 12.1 Å². The fourth-order valence-electron chi connectivity index (χ4n) is 1.96. The minimum atomic E-state index is -0.477. The number of pyridine rings is 1. The summed E-state index contributed by atoms with van der Waals surface area (Å²) in [5.41, 5.74) is 1.51. The molecule has 7 nitrogen and oxygen atoms in total. The summed E-state index contributed by atoms with van der Waals surface area (Å²) in [6, 6.07) is 9.27. The van der Waals surface area contributed by atoms with Crippen molar-refractivity contribution in [1.29, 1.82) is 0 Å². The number of hydrogen-bond donors (Lipinski definition) is 1. The number of anilines is 1.